The molecule has 6 rings (SSSR count). The monoisotopic (exact) mass is 610 g/mol. The van der Waals surface area contributed by atoms with E-state index >= 15 is 0 Å². The summed E-state index contributed by atoms with van der Waals surface area (Å²) in [7, 11) is 0. The Kier molecular flexibility index (Phi) is 10.4. The summed E-state index contributed by atoms with van der Waals surface area (Å²) < 4.78 is 13.7. The summed E-state index contributed by atoms with van der Waals surface area (Å²) in [5.41, 5.74) is 2.54. The molecule has 0 spiro atoms. The number of rotatable bonds is 15. The minimum atomic E-state index is 0.562. The number of benzene rings is 6. The molecule has 238 valence electrons. The lowest BCUT2D eigenvalue weighted by Gasteiger charge is -2.23. The Balaban J connectivity index is 1.58. The maximum atomic E-state index is 6.84. The van der Waals surface area contributed by atoms with Crippen molar-refractivity contribution in [2.24, 2.45) is 11.8 Å². The van der Waals surface area contributed by atoms with Crippen molar-refractivity contribution in [2.45, 2.75) is 79.1 Å². The van der Waals surface area contributed by atoms with Gasteiger partial charge in [0, 0.05) is 21.5 Å². The van der Waals surface area contributed by atoms with Crippen molar-refractivity contribution >= 4 is 43.1 Å². The maximum absolute atomic E-state index is 6.84. The van der Waals surface area contributed by atoms with Gasteiger partial charge in [0.1, 0.15) is 11.5 Å². The molecule has 0 N–H and O–H groups in total. The van der Waals surface area contributed by atoms with Crippen LogP contribution in [0.5, 0.6) is 11.5 Å². The first-order valence-electron chi connectivity index (χ1n) is 17.8. The Morgan fingerprint density at radius 1 is 0.413 bits per heavy atom. The molecule has 0 saturated carbocycles. The van der Waals surface area contributed by atoms with Crippen LogP contribution in [-0.2, 0) is 0 Å². The van der Waals surface area contributed by atoms with E-state index in [4.69, 9.17) is 9.47 Å². The van der Waals surface area contributed by atoms with Gasteiger partial charge in [0.05, 0.1) is 13.2 Å². The van der Waals surface area contributed by atoms with Gasteiger partial charge in [0.2, 0.25) is 0 Å². The van der Waals surface area contributed by atoms with Crippen LogP contribution in [0.1, 0.15) is 79.1 Å². The summed E-state index contributed by atoms with van der Waals surface area (Å²) in [5.74, 6) is 3.14. The number of hydrogen-bond donors (Lipinski definition) is 0. The first-order valence-corrected chi connectivity index (χ1v) is 17.8. The van der Waals surface area contributed by atoms with Crippen molar-refractivity contribution in [3.8, 4) is 22.6 Å². The zero-order valence-corrected chi connectivity index (χ0v) is 28.3. The highest BCUT2D eigenvalue weighted by atomic mass is 16.5. The lowest BCUT2D eigenvalue weighted by atomic mass is 9.85. The van der Waals surface area contributed by atoms with E-state index < -0.39 is 0 Å². The summed E-state index contributed by atoms with van der Waals surface area (Å²) in [5, 5.41) is 9.63. The topological polar surface area (TPSA) is 18.5 Å². The van der Waals surface area contributed by atoms with Crippen LogP contribution in [0, 0.1) is 11.8 Å². The fraction of sp³-hybridized carbons (Fsp3) is 0.364. The number of ether oxygens (including phenoxy) is 2. The molecule has 0 amide bonds. The zero-order chi connectivity index (χ0) is 31.9. The average molecular weight is 611 g/mol. The van der Waals surface area contributed by atoms with Crippen molar-refractivity contribution in [2.75, 3.05) is 13.2 Å². The van der Waals surface area contributed by atoms with E-state index in [0.29, 0.717) is 11.8 Å². The molecule has 2 atom stereocenters. The summed E-state index contributed by atoms with van der Waals surface area (Å²) in [6.45, 7) is 10.6. The molecule has 0 bridgehead atoms. The third kappa shape index (κ3) is 6.32. The van der Waals surface area contributed by atoms with E-state index in [1.807, 2.05) is 0 Å². The van der Waals surface area contributed by atoms with Crippen LogP contribution in [-0.4, -0.2) is 13.2 Å². The Labute approximate surface area is 275 Å². The largest absolute Gasteiger partial charge is 0.492 e. The van der Waals surface area contributed by atoms with E-state index in [-0.39, 0.29) is 0 Å². The first-order chi connectivity index (χ1) is 22.7. The van der Waals surface area contributed by atoms with Gasteiger partial charge in [-0.25, -0.2) is 0 Å². The molecule has 6 aromatic rings. The molecule has 0 radical (unpaired) electrons. The molecular formula is C44H50O2. The molecule has 2 unspecified atom stereocenters. The summed E-state index contributed by atoms with van der Waals surface area (Å²) in [4.78, 5) is 0. The van der Waals surface area contributed by atoms with Crippen LogP contribution in [0.2, 0.25) is 0 Å². The quantitative estimate of drug-likeness (QED) is 0.108. The second kappa shape index (κ2) is 15.0. The van der Waals surface area contributed by atoms with Crippen LogP contribution < -0.4 is 9.47 Å². The number of fused-ring (bicyclic) bond motifs is 4. The predicted molar refractivity (Wildman–Crippen MR) is 200 cm³/mol. The first kappa shape index (κ1) is 31.9. The van der Waals surface area contributed by atoms with E-state index in [1.165, 1.54) is 92.7 Å². The average Bonchev–Trinajstić information content (AvgIpc) is 3.11. The van der Waals surface area contributed by atoms with Gasteiger partial charge in [-0.2, -0.15) is 0 Å². The normalized spacial score (nSPS) is 13.0. The highest BCUT2D eigenvalue weighted by Crippen LogP contribution is 2.50. The second-order valence-electron chi connectivity index (χ2n) is 13.0. The smallest absolute Gasteiger partial charge is 0.134 e. The molecule has 0 fully saturated rings. The van der Waals surface area contributed by atoms with E-state index in [2.05, 4.69) is 125 Å². The molecule has 0 aliphatic carbocycles. The third-order valence-electron chi connectivity index (χ3n) is 10.0. The molecule has 2 nitrogen and oxygen atoms in total. The Morgan fingerprint density at radius 2 is 0.696 bits per heavy atom. The molecule has 0 aliphatic rings. The van der Waals surface area contributed by atoms with E-state index in [0.717, 1.165) is 37.6 Å². The molecular weight excluding hydrogens is 560 g/mol. The van der Waals surface area contributed by atoms with Crippen molar-refractivity contribution in [1.82, 2.24) is 0 Å². The summed E-state index contributed by atoms with van der Waals surface area (Å²) in [6, 6.07) is 35.4. The fourth-order valence-electron chi connectivity index (χ4n) is 7.23. The Morgan fingerprint density at radius 3 is 0.957 bits per heavy atom. The molecule has 0 aliphatic heterocycles. The standard InChI is InChI=1S/C44H50O2/c1-5-9-19-31(7-3)29-45-43-37-25-15-11-21-33(37)41(34-22-12-16-26-38(34)43)42-35-23-13-17-27-39(35)44(40-28-18-14-24-36(40)42)46-30-32(8-4)20-10-6-2/h11-18,21-28,31-32H,5-10,19-20,29-30H2,1-4H3. The van der Waals surface area contributed by atoms with Gasteiger partial charge >= 0.3 is 0 Å². The minimum Gasteiger partial charge on any atom is -0.492 e. The molecule has 0 aromatic heterocycles. The Hall–Kier alpha value is -4.04. The van der Waals surface area contributed by atoms with Crippen LogP contribution in [0.4, 0.5) is 0 Å². The van der Waals surface area contributed by atoms with Crippen molar-refractivity contribution in [3.05, 3.63) is 97.1 Å². The Bertz CT molecular complexity index is 1660. The highest BCUT2D eigenvalue weighted by Gasteiger charge is 2.23. The van der Waals surface area contributed by atoms with Crippen molar-refractivity contribution in [3.63, 3.8) is 0 Å². The van der Waals surface area contributed by atoms with Gasteiger partial charge < -0.3 is 9.47 Å². The molecule has 46 heavy (non-hydrogen) atoms. The van der Waals surface area contributed by atoms with E-state index in [9.17, 15) is 0 Å². The van der Waals surface area contributed by atoms with Gasteiger partial charge in [0.15, 0.2) is 0 Å². The van der Waals surface area contributed by atoms with Gasteiger partial charge in [-0.1, -0.05) is 163 Å². The minimum absolute atomic E-state index is 0.562. The van der Waals surface area contributed by atoms with Crippen molar-refractivity contribution < 1.29 is 9.47 Å². The molecule has 0 heterocycles. The van der Waals surface area contributed by atoms with Gasteiger partial charge in [0.25, 0.3) is 0 Å². The SMILES string of the molecule is CCCCC(CC)COc1c2ccccc2c(-c2c3ccccc3c(OCC(CC)CCCC)c3ccccc23)c2ccccc12. The zero-order valence-electron chi connectivity index (χ0n) is 28.3. The van der Waals surface area contributed by atoms with E-state index in [1.54, 1.807) is 0 Å². The lowest BCUT2D eigenvalue weighted by Crippen LogP contribution is -2.12. The predicted octanol–water partition coefficient (Wildman–Crippen LogP) is 13.2. The molecule has 0 saturated heterocycles. The van der Waals surface area contributed by atoms with Crippen LogP contribution >= 0.6 is 0 Å². The van der Waals surface area contributed by atoms with Crippen LogP contribution in [0.3, 0.4) is 0 Å². The van der Waals surface area contributed by atoms with Gasteiger partial charge in [-0.15, -0.1) is 0 Å². The molecule has 2 heteroatoms. The number of hydrogen-bond acceptors (Lipinski definition) is 2. The van der Waals surface area contributed by atoms with Crippen molar-refractivity contribution in [1.29, 1.82) is 0 Å². The summed E-state index contributed by atoms with van der Waals surface area (Å²) in [6.07, 6.45) is 9.65. The molecule has 6 aromatic carbocycles. The fourth-order valence-corrected chi connectivity index (χ4v) is 7.23. The summed E-state index contributed by atoms with van der Waals surface area (Å²) >= 11 is 0. The third-order valence-corrected chi connectivity index (χ3v) is 10.0. The highest BCUT2D eigenvalue weighted by molar-refractivity contribution is 6.26. The van der Waals surface area contributed by atoms with Gasteiger partial charge in [-0.05, 0) is 57.3 Å². The maximum Gasteiger partial charge on any atom is 0.134 e. The number of unbranched alkanes of at least 4 members (excludes halogenated alkanes) is 2. The lowest BCUT2D eigenvalue weighted by molar-refractivity contribution is 0.238. The van der Waals surface area contributed by atoms with Crippen LogP contribution in [0.15, 0.2) is 97.1 Å². The second-order valence-corrected chi connectivity index (χ2v) is 13.0. The van der Waals surface area contributed by atoms with Crippen LogP contribution in [0.25, 0.3) is 54.2 Å². The van der Waals surface area contributed by atoms with Gasteiger partial charge in [-0.3, -0.25) is 0 Å².